The van der Waals surface area contributed by atoms with Crippen molar-refractivity contribution in [3.8, 4) is 0 Å². The molecule has 0 amide bonds. The molecule has 0 unspecified atom stereocenters. The van der Waals surface area contributed by atoms with E-state index in [4.69, 9.17) is 5.73 Å². The van der Waals surface area contributed by atoms with E-state index in [0.717, 1.165) is 49.1 Å². The molecule has 1 aliphatic heterocycles. The average molecular weight is 297 g/mol. The number of nitrogens with zero attached hydrogens (tertiary/aromatic N) is 4. The van der Waals surface area contributed by atoms with E-state index < -0.39 is 0 Å². The van der Waals surface area contributed by atoms with Gasteiger partial charge >= 0.3 is 0 Å². The number of anilines is 2. The van der Waals surface area contributed by atoms with E-state index in [1.54, 1.807) is 0 Å². The lowest BCUT2D eigenvalue weighted by molar-refractivity contribution is 0.637. The van der Waals surface area contributed by atoms with Gasteiger partial charge in [-0.1, -0.05) is 18.2 Å². The Kier molecular flexibility index (Phi) is 4.24. The minimum Gasteiger partial charge on any atom is -0.368 e. The summed E-state index contributed by atoms with van der Waals surface area (Å²) >= 11 is 0. The number of hydrogen-bond donors (Lipinski definition) is 1. The highest BCUT2D eigenvalue weighted by Crippen LogP contribution is 2.19. The Morgan fingerprint density at radius 2 is 1.45 bits per heavy atom. The van der Waals surface area contributed by atoms with E-state index in [0.29, 0.717) is 6.54 Å². The predicted octanol–water partition coefficient (Wildman–Crippen LogP) is 1.88. The van der Waals surface area contributed by atoms with Gasteiger partial charge in [0.25, 0.3) is 0 Å². The molecule has 0 saturated carbocycles. The Balaban J connectivity index is 1.72. The number of benzene rings is 1. The summed E-state index contributed by atoms with van der Waals surface area (Å²) in [6, 6.07) is 10.6. The molecule has 5 nitrogen and oxygen atoms in total. The van der Waals surface area contributed by atoms with Crippen LogP contribution < -0.4 is 15.5 Å². The van der Waals surface area contributed by atoms with Gasteiger partial charge in [-0.2, -0.15) is 0 Å². The second kappa shape index (κ2) is 6.32. The average Bonchev–Trinajstić information content (AvgIpc) is 2.55. The molecule has 116 valence electrons. The fourth-order valence-electron chi connectivity index (χ4n) is 2.96. The zero-order valence-electron chi connectivity index (χ0n) is 13.3. The largest absolute Gasteiger partial charge is 0.368 e. The van der Waals surface area contributed by atoms with E-state index >= 15 is 0 Å². The van der Waals surface area contributed by atoms with E-state index in [1.807, 2.05) is 13.8 Å². The third-order valence-electron chi connectivity index (χ3n) is 4.30. The first kappa shape index (κ1) is 14.8. The van der Waals surface area contributed by atoms with Crippen LogP contribution in [-0.2, 0) is 6.54 Å². The van der Waals surface area contributed by atoms with Crippen molar-refractivity contribution in [2.45, 2.75) is 20.4 Å². The maximum absolute atomic E-state index is 5.76. The summed E-state index contributed by atoms with van der Waals surface area (Å²) in [5.41, 5.74) is 10.1. The molecule has 1 saturated heterocycles. The normalized spacial score (nSPS) is 15.2. The van der Waals surface area contributed by atoms with Crippen molar-refractivity contribution < 1.29 is 0 Å². The summed E-state index contributed by atoms with van der Waals surface area (Å²) in [7, 11) is 0. The van der Waals surface area contributed by atoms with E-state index in [-0.39, 0.29) is 0 Å². The van der Waals surface area contributed by atoms with Crippen molar-refractivity contribution in [3.63, 3.8) is 0 Å². The van der Waals surface area contributed by atoms with Gasteiger partial charge in [0.2, 0.25) is 5.95 Å². The second-order valence-electron chi connectivity index (χ2n) is 5.69. The smallest absolute Gasteiger partial charge is 0.225 e. The highest BCUT2D eigenvalue weighted by atomic mass is 15.3. The molecule has 0 aliphatic carbocycles. The lowest BCUT2D eigenvalue weighted by atomic mass is 10.2. The van der Waals surface area contributed by atoms with Crippen molar-refractivity contribution in [1.29, 1.82) is 0 Å². The number of rotatable bonds is 3. The van der Waals surface area contributed by atoms with Gasteiger partial charge in [0.05, 0.1) is 0 Å². The summed E-state index contributed by atoms with van der Waals surface area (Å²) in [6.45, 7) is 8.39. The molecule has 22 heavy (non-hydrogen) atoms. The van der Waals surface area contributed by atoms with Gasteiger partial charge in [0, 0.05) is 55.4 Å². The zero-order valence-corrected chi connectivity index (χ0v) is 13.3. The van der Waals surface area contributed by atoms with Gasteiger partial charge < -0.3 is 15.5 Å². The van der Waals surface area contributed by atoms with E-state index in [1.165, 1.54) is 5.69 Å². The molecule has 1 aromatic carbocycles. The Bertz CT molecular complexity index is 610. The maximum Gasteiger partial charge on any atom is 0.225 e. The first-order chi connectivity index (χ1) is 10.7. The first-order valence-corrected chi connectivity index (χ1v) is 7.78. The maximum atomic E-state index is 5.76. The third kappa shape index (κ3) is 2.90. The van der Waals surface area contributed by atoms with Crippen molar-refractivity contribution in [1.82, 2.24) is 9.97 Å². The van der Waals surface area contributed by atoms with Crippen molar-refractivity contribution >= 4 is 11.6 Å². The lowest BCUT2D eigenvalue weighted by Gasteiger charge is -2.36. The summed E-state index contributed by atoms with van der Waals surface area (Å²) in [6.07, 6.45) is 0. The first-order valence-electron chi connectivity index (χ1n) is 7.78. The van der Waals surface area contributed by atoms with Gasteiger partial charge in [-0.15, -0.1) is 0 Å². The lowest BCUT2D eigenvalue weighted by Crippen LogP contribution is -2.47. The fraction of sp³-hybridized carbons (Fsp3) is 0.412. The van der Waals surface area contributed by atoms with Crippen LogP contribution >= 0.6 is 0 Å². The summed E-state index contributed by atoms with van der Waals surface area (Å²) in [5, 5.41) is 0. The minimum atomic E-state index is 0.500. The molecule has 1 aromatic heterocycles. The molecule has 3 rings (SSSR count). The molecule has 0 spiro atoms. The van der Waals surface area contributed by atoms with Crippen LogP contribution in [0.25, 0.3) is 0 Å². The molecule has 2 aromatic rings. The quantitative estimate of drug-likeness (QED) is 0.937. The summed E-state index contributed by atoms with van der Waals surface area (Å²) in [4.78, 5) is 14.0. The van der Waals surface area contributed by atoms with Crippen LogP contribution in [0.5, 0.6) is 0 Å². The molecular formula is C17H23N5. The highest BCUT2D eigenvalue weighted by Gasteiger charge is 2.20. The molecule has 1 aliphatic rings. The summed E-state index contributed by atoms with van der Waals surface area (Å²) < 4.78 is 0. The Hall–Kier alpha value is -2.14. The molecule has 0 bridgehead atoms. The molecule has 2 heterocycles. The number of aryl methyl sites for hydroxylation is 2. The molecule has 2 N–H and O–H groups in total. The van der Waals surface area contributed by atoms with Crippen LogP contribution in [0.15, 0.2) is 30.3 Å². The Morgan fingerprint density at radius 3 is 2.00 bits per heavy atom. The number of hydrogen-bond acceptors (Lipinski definition) is 5. The molecule has 1 fully saturated rings. The summed E-state index contributed by atoms with van der Waals surface area (Å²) in [5.74, 6) is 0.833. The van der Waals surface area contributed by atoms with Gasteiger partial charge in [-0.3, -0.25) is 0 Å². The molecule has 0 atom stereocenters. The molecule has 5 heteroatoms. The SMILES string of the molecule is Cc1nc(N2CCN(c3ccccc3)CC2)nc(C)c1CN. The van der Waals surface area contributed by atoms with Crippen molar-refractivity contribution in [2.75, 3.05) is 36.0 Å². The van der Waals surface area contributed by atoms with Crippen LogP contribution in [-0.4, -0.2) is 36.1 Å². The number of para-hydroxylation sites is 1. The zero-order chi connectivity index (χ0) is 15.5. The second-order valence-corrected chi connectivity index (χ2v) is 5.69. The van der Waals surface area contributed by atoms with Crippen molar-refractivity contribution in [2.24, 2.45) is 5.73 Å². The van der Waals surface area contributed by atoms with E-state index in [2.05, 4.69) is 50.1 Å². The van der Waals surface area contributed by atoms with E-state index in [9.17, 15) is 0 Å². The number of aromatic nitrogens is 2. The highest BCUT2D eigenvalue weighted by molar-refractivity contribution is 5.48. The fourth-order valence-corrected chi connectivity index (χ4v) is 2.96. The van der Waals surface area contributed by atoms with Crippen molar-refractivity contribution in [3.05, 3.63) is 47.3 Å². The topological polar surface area (TPSA) is 58.3 Å². The number of piperazine rings is 1. The van der Waals surface area contributed by atoms with Crippen LogP contribution in [0.3, 0.4) is 0 Å². The Labute approximate surface area is 131 Å². The van der Waals surface area contributed by atoms with Gasteiger partial charge in [-0.25, -0.2) is 9.97 Å². The third-order valence-corrected chi connectivity index (χ3v) is 4.30. The molecular weight excluding hydrogens is 274 g/mol. The monoisotopic (exact) mass is 297 g/mol. The number of nitrogens with two attached hydrogens (primary N) is 1. The van der Waals surface area contributed by atoms with Crippen LogP contribution in [0.2, 0.25) is 0 Å². The predicted molar refractivity (Wildman–Crippen MR) is 90.3 cm³/mol. The van der Waals surface area contributed by atoms with Gasteiger partial charge in [-0.05, 0) is 26.0 Å². The standard InChI is InChI=1S/C17H23N5/c1-13-16(12-18)14(2)20-17(19-13)22-10-8-21(9-11-22)15-6-4-3-5-7-15/h3-7H,8-12,18H2,1-2H3. The Morgan fingerprint density at radius 1 is 0.909 bits per heavy atom. The van der Waals surface area contributed by atoms with Crippen LogP contribution in [0.1, 0.15) is 17.0 Å². The van der Waals surface area contributed by atoms with Gasteiger partial charge in [0.15, 0.2) is 0 Å². The van der Waals surface area contributed by atoms with Crippen LogP contribution in [0.4, 0.5) is 11.6 Å². The van der Waals surface area contributed by atoms with Gasteiger partial charge in [0.1, 0.15) is 0 Å². The molecule has 0 radical (unpaired) electrons. The minimum absolute atomic E-state index is 0.500. The van der Waals surface area contributed by atoms with Crippen LogP contribution in [0, 0.1) is 13.8 Å².